The van der Waals surface area contributed by atoms with Gasteiger partial charge < -0.3 is 15.3 Å². The predicted molar refractivity (Wildman–Crippen MR) is 50.2 cm³/mol. The summed E-state index contributed by atoms with van der Waals surface area (Å²) in [7, 11) is 0. The van der Waals surface area contributed by atoms with Crippen molar-refractivity contribution in [2.45, 2.75) is 44.0 Å². The van der Waals surface area contributed by atoms with E-state index in [0.717, 1.165) is 6.42 Å². The lowest BCUT2D eigenvalue weighted by Gasteiger charge is -2.14. The van der Waals surface area contributed by atoms with Crippen LogP contribution in [0.15, 0.2) is 12.7 Å². The molecule has 0 bridgehead atoms. The standard InChI is InChI=1S/C10H18O3/c1-2-8(11)4-3-7-5-9(12)6-10(7)13/h2,7-13H,1,3-6H2/t7-,8?,9-,10-/m1/s1. The van der Waals surface area contributed by atoms with Crippen molar-refractivity contribution < 1.29 is 15.3 Å². The summed E-state index contributed by atoms with van der Waals surface area (Å²) in [5.41, 5.74) is 0. The second kappa shape index (κ2) is 4.74. The molecule has 3 nitrogen and oxygen atoms in total. The lowest BCUT2D eigenvalue weighted by atomic mass is 9.97. The van der Waals surface area contributed by atoms with Crippen molar-refractivity contribution in [3.8, 4) is 0 Å². The molecule has 0 radical (unpaired) electrons. The minimum atomic E-state index is -0.482. The van der Waals surface area contributed by atoms with Crippen LogP contribution in [0.5, 0.6) is 0 Å². The highest BCUT2D eigenvalue weighted by molar-refractivity contribution is 4.85. The van der Waals surface area contributed by atoms with Crippen molar-refractivity contribution in [3.05, 3.63) is 12.7 Å². The van der Waals surface area contributed by atoms with E-state index in [9.17, 15) is 15.3 Å². The molecule has 0 aromatic rings. The molecule has 0 aliphatic heterocycles. The molecule has 3 heteroatoms. The summed E-state index contributed by atoms with van der Waals surface area (Å²) in [6, 6.07) is 0. The topological polar surface area (TPSA) is 60.7 Å². The highest BCUT2D eigenvalue weighted by Crippen LogP contribution is 2.30. The fourth-order valence-electron chi connectivity index (χ4n) is 1.89. The first kappa shape index (κ1) is 10.7. The molecule has 0 heterocycles. The molecule has 3 N–H and O–H groups in total. The zero-order chi connectivity index (χ0) is 9.84. The summed E-state index contributed by atoms with van der Waals surface area (Å²) >= 11 is 0. The van der Waals surface area contributed by atoms with Gasteiger partial charge in [0.1, 0.15) is 0 Å². The monoisotopic (exact) mass is 186 g/mol. The van der Waals surface area contributed by atoms with E-state index in [4.69, 9.17) is 0 Å². The molecular weight excluding hydrogens is 168 g/mol. The van der Waals surface area contributed by atoms with E-state index >= 15 is 0 Å². The van der Waals surface area contributed by atoms with E-state index < -0.39 is 12.2 Å². The normalized spacial score (nSPS) is 36.1. The third-order valence-corrected chi connectivity index (χ3v) is 2.74. The molecule has 1 rings (SSSR count). The van der Waals surface area contributed by atoms with E-state index in [1.807, 2.05) is 0 Å². The lowest BCUT2D eigenvalue weighted by Crippen LogP contribution is -2.15. The van der Waals surface area contributed by atoms with Crippen LogP contribution in [0.3, 0.4) is 0 Å². The fraction of sp³-hybridized carbons (Fsp3) is 0.800. The number of aliphatic hydroxyl groups is 3. The van der Waals surface area contributed by atoms with E-state index in [1.165, 1.54) is 6.08 Å². The highest BCUT2D eigenvalue weighted by atomic mass is 16.3. The predicted octanol–water partition coefficient (Wildman–Crippen LogP) is 0.445. The Morgan fingerprint density at radius 3 is 2.54 bits per heavy atom. The Hall–Kier alpha value is -0.380. The molecule has 4 atom stereocenters. The second-order valence-corrected chi connectivity index (χ2v) is 3.83. The molecule has 0 amide bonds. The van der Waals surface area contributed by atoms with Crippen molar-refractivity contribution in [3.63, 3.8) is 0 Å². The van der Waals surface area contributed by atoms with Crippen LogP contribution < -0.4 is 0 Å². The van der Waals surface area contributed by atoms with Gasteiger partial charge in [-0.25, -0.2) is 0 Å². The molecule has 13 heavy (non-hydrogen) atoms. The van der Waals surface area contributed by atoms with Crippen molar-refractivity contribution in [2.24, 2.45) is 5.92 Å². The van der Waals surface area contributed by atoms with Crippen molar-refractivity contribution in [2.75, 3.05) is 0 Å². The summed E-state index contributed by atoms with van der Waals surface area (Å²) < 4.78 is 0. The Morgan fingerprint density at radius 2 is 2.08 bits per heavy atom. The van der Waals surface area contributed by atoms with E-state index in [-0.39, 0.29) is 12.0 Å². The highest BCUT2D eigenvalue weighted by Gasteiger charge is 2.31. The van der Waals surface area contributed by atoms with Gasteiger partial charge in [-0.2, -0.15) is 0 Å². The first-order valence-electron chi connectivity index (χ1n) is 4.80. The first-order chi connectivity index (χ1) is 6.13. The van der Waals surface area contributed by atoms with Gasteiger partial charge in [0.2, 0.25) is 0 Å². The molecule has 1 aliphatic carbocycles. The van der Waals surface area contributed by atoms with Crippen molar-refractivity contribution >= 4 is 0 Å². The summed E-state index contributed by atoms with van der Waals surface area (Å²) in [6.07, 6.45) is 2.78. The van der Waals surface area contributed by atoms with Gasteiger partial charge in [-0.05, 0) is 31.6 Å². The van der Waals surface area contributed by atoms with Gasteiger partial charge in [-0.3, -0.25) is 0 Å². The molecule has 76 valence electrons. The maximum absolute atomic E-state index is 9.48. The van der Waals surface area contributed by atoms with E-state index in [1.54, 1.807) is 0 Å². The van der Waals surface area contributed by atoms with Crippen LogP contribution in [0.25, 0.3) is 0 Å². The van der Waals surface area contributed by atoms with Crippen LogP contribution in [0, 0.1) is 5.92 Å². The summed E-state index contributed by atoms with van der Waals surface area (Å²) in [5.74, 6) is 0.143. The summed E-state index contributed by atoms with van der Waals surface area (Å²) in [4.78, 5) is 0. The summed E-state index contributed by atoms with van der Waals surface area (Å²) in [6.45, 7) is 3.48. The van der Waals surface area contributed by atoms with E-state index in [2.05, 4.69) is 6.58 Å². The van der Waals surface area contributed by atoms with Crippen LogP contribution in [-0.4, -0.2) is 33.6 Å². The molecule has 1 unspecified atom stereocenters. The zero-order valence-electron chi connectivity index (χ0n) is 7.76. The Balaban J connectivity index is 2.25. The molecule has 0 aromatic heterocycles. The van der Waals surface area contributed by atoms with Gasteiger partial charge in [0.05, 0.1) is 18.3 Å². The zero-order valence-corrected chi connectivity index (χ0v) is 7.76. The SMILES string of the molecule is C=CC(O)CC[C@@H]1C[C@@H](O)C[C@H]1O. The van der Waals surface area contributed by atoms with Crippen LogP contribution in [-0.2, 0) is 0 Å². The molecule has 0 spiro atoms. The number of hydrogen-bond acceptors (Lipinski definition) is 3. The fourth-order valence-corrected chi connectivity index (χ4v) is 1.89. The Kier molecular flexibility index (Phi) is 3.90. The third-order valence-electron chi connectivity index (χ3n) is 2.74. The Bertz CT molecular complexity index is 170. The molecule has 0 aromatic carbocycles. The van der Waals surface area contributed by atoms with Crippen molar-refractivity contribution in [1.82, 2.24) is 0 Å². The quantitative estimate of drug-likeness (QED) is 0.558. The van der Waals surface area contributed by atoms with Crippen LogP contribution >= 0.6 is 0 Å². The van der Waals surface area contributed by atoms with Gasteiger partial charge in [0, 0.05) is 0 Å². The minimum absolute atomic E-state index is 0.143. The maximum Gasteiger partial charge on any atom is 0.0718 e. The first-order valence-corrected chi connectivity index (χ1v) is 4.80. The number of hydrogen-bond donors (Lipinski definition) is 3. The van der Waals surface area contributed by atoms with Gasteiger partial charge in [-0.15, -0.1) is 6.58 Å². The van der Waals surface area contributed by atoms with E-state index in [0.29, 0.717) is 19.3 Å². The third kappa shape index (κ3) is 3.10. The second-order valence-electron chi connectivity index (χ2n) is 3.83. The van der Waals surface area contributed by atoms with Gasteiger partial charge >= 0.3 is 0 Å². The minimum Gasteiger partial charge on any atom is -0.393 e. The molecule has 1 aliphatic rings. The van der Waals surface area contributed by atoms with Crippen molar-refractivity contribution in [1.29, 1.82) is 0 Å². The van der Waals surface area contributed by atoms with Gasteiger partial charge in [-0.1, -0.05) is 6.08 Å². The summed E-state index contributed by atoms with van der Waals surface area (Å²) in [5, 5.41) is 27.9. The molecule has 1 fully saturated rings. The average Bonchev–Trinajstić information content (AvgIpc) is 2.41. The van der Waals surface area contributed by atoms with Crippen LogP contribution in [0.2, 0.25) is 0 Å². The lowest BCUT2D eigenvalue weighted by molar-refractivity contribution is 0.109. The number of rotatable bonds is 4. The Morgan fingerprint density at radius 1 is 1.38 bits per heavy atom. The average molecular weight is 186 g/mol. The van der Waals surface area contributed by atoms with Gasteiger partial charge in [0.25, 0.3) is 0 Å². The maximum atomic E-state index is 9.48. The molecule has 0 saturated heterocycles. The smallest absolute Gasteiger partial charge is 0.0718 e. The van der Waals surface area contributed by atoms with Gasteiger partial charge in [0.15, 0.2) is 0 Å². The van der Waals surface area contributed by atoms with Crippen LogP contribution in [0.1, 0.15) is 25.7 Å². The molecular formula is C10H18O3. The van der Waals surface area contributed by atoms with Crippen LogP contribution in [0.4, 0.5) is 0 Å². The largest absolute Gasteiger partial charge is 0.393 e. The Labute approximate surface area is 78.7 Å². The number of aliphatic hydroxyl groups excluding tert-OH is 3. The molecule has 1 saturated carbocycles.